The molecule has 1 atom stereocenters. The van der Waals surface area contributed by atoms with Gasteiger partial charge in [-0.15, -0.1) is 11.3 Å². The van der Waals surface area contributed by atoms with Crippen LogP contribution < -0.4 is 5.32 Å². The molecule has 4 heteroatoms. The summed E-state index contributed by atoms with van der Waals surface area (Å²) in [4.78, 5) is 12.0. The number of aromatic carboxylic acids is 1. The van der Waals surface area contributed by atoms with Crippen molar-refractivity contribution in [1.29, 1.82) is 0 Å². The van der Waals surface area contributed by atoms with Crippen LogP contribution in [0, 0.1) is 5.41 Å². The van der Waals surface area contributed by atoms with E-state index in [9.17, 15) is 9.90 Å². The average Bonchev–Trinajstić information content (AvgIpc) is 2.96. The van der Waals surface area contributed by atoms with Gasteiger partial charge in [-0.05, 0) is 35.3 Å². The summed E-state index contributed by atoms with van der Waals surface area (Å²) in [5, 5.41) is 14.1. The SMILES string of the molecule is CC1(C)CCCC1NCc1c(C(=O)O)sc2ccccc12. The van der Waals surface area contributed by atoms with Crippen molar-refractivity contribution in [3.05, 3.63) is 34.7 Å². The van der Waals surface area contributed by atoms with Crippen molar-refractivity contribution in [3.63, 3.8) is 0 Å². The van der Waals surface area contributed by atoms with Crippen molar-refractivity contribution in [3.8, 4) is 0 Å². The minimum absolute atomic E-state index is 0.301. The maximum atomic E-state index is 11.5. The molecule has 2 aromatic rings. The molecule has 3 nitrogen and oxygen atoms in total. The fourth-order valence-corrected chi connectivity index (χ4v) is 4.44. The van der Waals surface area contributed by atoms with E-state index >= 15 is 0 Å². The molecule has 21 heavy (non-hydrogen) atoms. The van der Waals surface area contributed by atoms with Gasteiger partial charge in [0.05, 0.1) is 0 Å². The van der Waals surface area contributed by atoms with Crippen molar-refractivity contribution in [1.82, 2.24) is 5.32 Å². The quantitative estimate of drug-likeness (QED) is 0.887. The van der Waals surface area contributed by atoms with Crippen LogP contribution in [0.1, 0.15) is 48.3 Å². The lowest BCUT2D eigenvalue weighted by atomic mass is 9.87. The fourth-order valence-electron chi connectivity index (χ4n) is 3.38. The van der Waals surface area contributed by atoms with Gasteiger partial charge in [-0.1, -0.05) is 38.5 Å². The second-order valence-corrected chi connectivity index (χ2v) is 7.58. The van der Waals surface area contributed by atoms with E-state index in [2.05, 4.69) is 19.2 Å². The van der Waals surface area contributed by atoms with Crippen LogP contribution in [0.25, 0.3) is 10.1 Å². The molecule has 1 aromatic carbocycles. The number of hydrogen-bond donors (Lipinski definition) is 2. The molecule has 1 saturated carbocycles. The zero-order valence-corrected chi connectivity index (χ0v) is 13.3. The average molecular weight is 303 g/mol. The maximum Gasteiger partial charge on any atom is 0.346 e. The number of carboxylic acids is 1. The van der Waals surface area contributed by atoms with E-state index in [0.29, 0.717) is 22.9 Å². The number of nitrogens with one attached hydrogen (secondary N) is 1. The van der Waals surface area contributed by atoms with Gasteiger partial charge in [0.25, 0.3) is 0 Å². The van der Waals surface area contributed by atoms with Crippen LogP contribution in [0.5, 0.6) is 0 Å². The van der Waals surface area contributed by atoms with Crippen molar-refractivity contribution < 1.29 is 9.90 Å². The molecule has 0 bridgehead atoms. The van der Waals surface area contributed by atoms with E-state index < -0.39 is 5.97 Å². The Balaban J connectivity index is 1.89. The standard InChI is InChI=1S/C17H21NO2S/c1-17(2)9-5-8-14(17)18-10-12-11-6-3-4-7-13(11)21-15(12)16(19)20/h3-4,6-7,14,18H,5,8-10H2,1-2H3,(H,19,20). The molecule has 1 aliphatic rings. The highest BCUT2D eigenvalue weighted by Gasteiger charge is 2.34. The molecule has 1 aliphatic carbocycles. The molecule has 1 heterocycles. The highest BCUT2D eigenvalue weighted by atomic mass is 32.1. The Morgan fingerprint density at radius 3 is 2.86 bits per heavy atom. The maximum absolute atomic E-state index is 11.5. The molecular weight excluding hydrogens is 282 g/mol. The van der Waals surface area contributed by atoms with E-state index in [1.165, 1.54) is 30.6 Å². The lowest BCUT2D eigenvalue weighted by molar-refractivity contribution is 0.0701. The summed E-state index contributed by atoms with van der Waals surface area (Å²) in [7, 11) is 0. The second kappa shape index (κ2) is 5.43. The number of rotatable bonds is 4. The molecule has 112 valence electrons. The molecule has 0 radical (unpaired) electrons. The largest absolute Gasteiger partial charge is 0.477 e. The Labute approximate surface area is 129 Å². The van der Waals surface area contributed by atoms with Gasteiger partial charge in [0.2, 0.25) is 0 Å². The van der Waals surface area contributed by atoms with E-state index in [0.717, 1.165) is 15.6 Å². The van der Waals surface area contributed by atoms with Crippen molar-refractivity contribution in [2.45, 2.75) is 45.7 Å². The minimum atomic E-state index is -0.821. The van der Waals surface area contributed by atoms with Gasteiger partial charge >= 0.3 is 5.97 Å². The van der Waals surface area contributed by atoms with Gasteiger partial charge in [-0.3, -0.25) is 0 Å². The number of fused-ring (bicyclic) bond motifs is 1. The third-order valence-electron chi connectivity index (χ3n) is 4.68. The first-order chi connectivity index (χ1) is 9.99. The summed E-state index contributed by atoms with van der Waals surface area (Å²) in [5.74, 6) is -0.821. The first-order valence-corrected chi connectivity index (χ1v) is 8.28. The van der Waals surface area contributed by atoms with Gasteiger partial charge in [-0.2, -0.15) is 0 Å². The predicted octanol–water partition coefficient (Wildman–Crippen LogP) is 4.27. The summed E-state index contributed by atoms with van der Waals surface area (Å²) < 4.78 is 1.05. The number of carboxylic acid groups (broad SMARTS) is 1. The lowest BCUT2D eigenvalue weighted by Gasteiger charge is -2.28. The van der Waals surface area contributed by atoms with Gasteiger partial charge < -0.3 is 10.4 Å². The Bertz CT molecular complexity index is 674. The number of hydrogen-bond acceptors (Lipinski definition) is 3. The number of benzene rings is 1. The van der Waals surface area contributed by atoms with Gasteiger partial charge in [-0.25, -0.2) is 4.79 Å². The Kier molecular flexibility index (Phi) is 3.76. The summed E-state index contributed by atoms with van der Waals surface area (Å²) in [6.45, 7) is 5.22. The van der Waals surface area contributed by atoms with Crippen molar-refractivity contribution in [2.24, 2.45) is 5.41 Å². The molecule has 0 aliphatic heterocycles. The van der Waals surface area contributed by atoms with Crippen molar-refractivity contribution in [2.75, 3.05) is 0 Å². The highest BCUT2D eigenvalue weighted by molar-refractivity contribution is 7.21. The zero-order valence-electron chi connectivity index (χ0n) is 12.5. The van der Waals surface area contributed by atoms with Crippen LogP contribution >= 0.6 is 11.3 Å². The molecule has 2 N–H and O–H groups in total. The van der Waals surface area contributed by atoms with Crippen LogP contribution in [0.3, 0.4) is 0 Å². The van der Waals surface area contributed by atoms with Crippen LogP contribution in [-0.4, -0.2) is 17.1 Å². The Morgan fingerprint density at radius 1 is 1.43 bits per heavy atom. The second-order valence-electron chi connectivity index (χ2n) is 6.53. The first-order valence-electron chi connectivity index (χ1n) is 7.46. The van der Waals surface area contributed by atoms with Gasteiger partial charge in [0, 0.05) is 17.3 Å². The topological polar surface area (TPSA) is 49.3 Å². The summed E-state index contributed by atoms with van der Waals surface area (Å²) in [6.07, 6.45) is 3.67. The van der Waals surface area contributed by atoms with E-state index in [-0.39, 0.29) is 0 Å². The molecule has 0 amide bonds. The van der Waals surface area contributed by atoms with Gasteiger partial charge in [0.15, 0.2) is 0 Å². The third-order valence-corrected chi connectivity index (χ3v) is 5.88. The summed E-state index contributed by atoms with van der Waals surface area (Å²) in [6, 6.07) is 8.42. The first kappa shape index (κ1) is 14.5. The van der Waals surface area contributed by atoms with Crippen molar-refractivity contribution >= 4 is 27.4 Å². The monoisotopic (exact) mass is 303 g/mol. The normalized spacial score (nSPS) is 21.0. The predicted molar refractivity (Wildman–Crippen MR) is 87.0 cm³/mol. The number of thiophene rings is 1. The molecule has 1 unspecified atom stereocenters. The summed E-state index contributed by atoms with van der Waals surface area (Å²) in [5.41, 5.74) is 1.24. The smallest absolute Gasteiger partial charge is 0.346 e. The molecular formula is C17H21NO2S. The molecule has 1 fully saturated rings. The fraction of sp³-hybridized carbons (Fsp3) is 0.471. The van der Waals surface area contributed by atoms with Crippen LogP contribution in [0.15, 0.2) is 24.3 Å². The van der Waals surface area contributed by atoms with E-state index in [1.54, 1.807) is 0 Å². The minimum Gasteiger partial charge on any atom is -0.477 e. The molecule has 0 spiro atoms. The van der Waals surface area contributed by atoms with E-state index in [4.69, 9.17) is 0 Å². The Hall–Kier alpha value is -1.39. The molecule has 0 saturated heterocycles. The van der Waals surface area contributed by atoms with Crippen LogP contribution in [0.2, 0.25) is 0 Å². The van der Waals surface area contributed by atoms with Crippen LogP contribution in [-0.2, 0) is 6.54 Å². The lowest BCUT2D eigenvalue weighted by Crippen LogP contribution is -2.37. The zero-order chi connectivity index (χ0) is 15.0. The highest BCUT2D eigenvalue weighted by Crippen LogP contribution is 2.38. The number of carbonyl (C=O) groups is 1. The van der Waals surface area contributed by atoms with E-state index in [1.807, 2.05) is 24.3 Å². The van der Waals surface area contributed by atoms with Crippen LogP contribution in [0.4, 0.5) is 0 Å². The third kappa shape index (κ3) is 2.70. The van der Waals surface area contributed by atoms with Gasteiger partial charge in [0.1, 0.15) is 4.88 Å². The summed E-state index contributed by atoms with van der Waals surface area (Å²) >= 11 is 1.37. The molecule has 1 aromatic heterocycles. The Morgan fingerprint density at radius 2 is 2.19 bits per heavy atom. The molecule has 3 rings (SSSR count).